The summed E-state index contributed by atoms with van der Waals surface area (Å²) in [6.07, 6.45) is -2.55. The van der Waals surface area contributed by atoms with Crippen LogP contribution in [0, 0.1) is 11.6 Å². The van der Waals surface area contributed by atoms with Crippen molar-refractivity contribution in [1.29, 1.82) is 0 Å². The summed E-state index contributed by atoms with van der Waals surface area (Å²) in [5, 5.41) is 11.6. The minimum absolute atomic E-state index is 0.00598. The molecule has 0 radical (unpaired) electrons. The van der Waals surface area contributed by atoms with Gasteiger partial charge >= 0.3 is 6.18 Å². The normalized spacial score (nSPS) is 15.5. The lowest BCUT2D eigenvalue weighted by atomic mass is 9.99. The number of nitrogens with one attached hydrogen (secondary N) is 1. The molecule has 2 N–H and O–H groups in total. The first-order chi connectivity index (χ1) is 15.4. The zero-order valence-corrected chi connectivity index (χ0v) is 17.9. The Morgan fingerprint density at radius 3 is 2.45 bits per heavy atom. The Labute approximate surface area is 186 Å². The molecule has 33 heavy (non-hydrogen) atoms. The number of amides is 1. The molecule has 178 valence electrons. The van der Waals surface area contributed by atoms with Gasteiger partial charge in [0.15, 0.2) is 17.4 Å². The fourth-order valence-electron chi connectivity index (χ4n) is 3.19. The Kier molecular flexibility index (Phi) is 6.97. The SMILES string of the molecule is CC(C)(CO)Oc1c(F)cc(NC(=O)/C=C2\CCCOc3cc(C(F)(F)F)ccc32)cc1F. The Balaban J connectivity index is 1.84. The number of aliphatic hydroxyl groups is 1. The van der Waals surface area contributed by atoms with Crippen molar-refractivity contribution in [3.8, 4) is 11.5 Å². The summed E-state index contributed by atoms with van der Waals surface area (Å²) in [6, 6.07) is 4.74. The lowest BCUT2D eigenvalue weighted by molar-refractivity contribution is -0.137. The molecule has 1 aliphatic rings. The van der Waals surface area contributed by atoms with E-state index in [1.54, 1.807) is 0 Å². The number of ether oxygens (including phenoxy) is 2. The van der Waals surface area contributed by atoms with Crippen LogP contribution in [0.3, 0.4) is 0 Å². The molecular weight excluding hydrogens is 449 g/mol. The van der Waals surface area contributed by atoms with Gasteiger partial charge in [0.1, 0.15) is 11.4 Å². The molecule has 0 aliphatic carbocycles. The minimum Gasteiger partial charge on any atom is -0.493 e. The number of allylic oxidation sites excluding steroid dienone is 1. The smallest absolute Gasteiger partial charge is 0.416 e. The van der Waals surface area contributed by atoms with Crippen molar-refractivity contribution in [3.63, 3.8) is 0 Å². The molecule has 1 amide bonds. The van der Waals surface area contributed by atoms with Gasteiger partial charge in [0, 0.05) is 29.5 Å². The van der Waals surface area contributed by atoms with Gasteiger partial charge in [0.25, 0.3) is 0 Å². The maximum Gasteiger partial charge on any atom is 0.416 e. The number of anilines is 1. The standard InChI is InChI=1S/C23H22F5NO4/c1-22(2,12-30)33-21-17(24)10-15(11-18(21)25)29-20(31)8-13-4-3-7-32-19-9-14(23(26,27)28)5-6-16(13)19/h5-6,8-11,30H,3-4,7,12H2,1-2H3,(H,29,31)/b13-8+. The molecule has 5 nitrogen and oxygen atoms in total. The first-order valence-corrected chi connectivity index (χ1v) is 10.0. The van der Waals surface area contributed by atoms with Crippen molar-refractivity contribution in [1.82, 2.24) is 0 Å². The number of halogens is 5. The van der Waals surface area contributed by atoms with Gasteiger partial charge in [-0.3, -0.25) is 4.79 Å². The zero-order valence-electron chi connectivity index (χ0n) is 17.9. The highest BCUT2D eigenvalue weighted by atomic mass is 19.4. The molecule has 0 atom stereocenters. The van der Waals surface area contributed by atoms with E-state index in [0.29, 0.717) is 24.0 Å². The van der Waals surface area contributed by atoms with Crippen molar-refractivity contribution in [2.45, 2.75) is 38.5 Å². The molecule has 0 aromatic heterocycles. The van der Waals surface area contributed by atoms with Crippen molar-refractivity contribution in [2.75, 3.05) is 18.5 Å². The van der Waals surface area contributed by atoms with Crippen LogP contribution in [-0.2, 0) is 11.0 Å². The fourth-order valence-corrected chi connectivity index (χ4v) is 3.19. The molecule has 1 heterocycles. The van der Waals surface area contributed by atoms with Crippen LogP contribution in [0.2, 0.25) is 0 Å². The van der Waals surface area contributed by atoms with Crippen LogP contribution < -0.4 is 14.8 Å². The molecule has 10 heteroatoms. The highest BCUT2D eigenvalue weighted by Crippen LogP contribution is 2.38. The van der Waals surface area contributed by atoms with E-state index in [1.807, 2.05) is 0 Å². The lowest BCUT2D eigenvalue weighted by Crippen LogP contribution is -2.33. The second-order valence-corrected chi connectivity index (χ2v) is 8.11. The molecule has 1 aliphatic heterocycles. The predicted octanol–water partition coefficient (Wildman–Crippen LogP) is 5.33. The number of aliphatic hydroxyl groups excluding tert-OH is 1. The predicted molar refractivity (Wildman–Crippen MR) is 111 cm³/mol. The van der Waals surface area contributed by atoms with Crippen LogP contribution in [0.25, 0.3) is 5.57 Å². The lowest BCUT2D eigenvalue weighted by Gasteiger charge is -2.24. The number of alkyl halides is 3. The Morgan fingerprint density at radius 2 is 1.85 bits per heavy atom. The summed E-state index contributed by atoms with van der Waals surface area (Å²) >= 11 is 0. The Morgan fingerprint density at radius 1 is 1.18 bits per heavy atom. The molecule has 0 spiro atoms. The molecule has 2 aromatic carbocycles. The molecule has 2 aromatic rings. The second-order valence-electron chi connectivity index (χ2n) is 8.11. The summed E-state index contributed by atoms with van der Waals surface area (Å²) in [4.78, 5) is 12.5. The molecule has 0 saturated carbocycles. The third-order valence-electron chi connectivity index (χ3n) is 4.83. The van der Waals surface area contributed by atoms with Crippen molar-refractivity contribution in [2.24, 2.45) is 0 Å². The van der Waals surface area contributed by atoms with E-state index >= 15 is 0 Å². The molecule has 0 bridgehead atoms. The van der Waals surface area contributed by atoms with Gasteiger partial charge in [0.2, 0.25) is 5.91 Å². The van der Waals surface area contributed by atoms with E-state index in [2.05, 4.69) is 5.32 Å². The maximum atomic E-state index is 14.3. The summed E-state index contributed by atoms with van der Waals surface area (Å²) in [7, 11) is 0. The molecule has 0 fully saturated rings. The molecule has 0 saturated heterocycles. The van der Waals surface area contributed by atoms with E-state index in [-0.39, 0.29) is 18.0 Å². The van der Waals surface area contributed by atoms with Gasteiger partial charge in [-0.15, -0.1) is 0 Å². The van der Waals surface area contributed by atoms with Crippen molar-refractivity contribution in [3.05, 3.63) is 59.2 Å². The van der Waals surface area contributed by atoms with Gasteiger partial charge in [-0.25, -0.2) is 8.78 Å². The van der Waals surface area contributed by atoms with Crippen LogP contribution in [0.4, 0.5) is 27.6 Å². The van der Waals surface area contributed by atoms with Crippen molar-refractivity contribution < 1.29 is 41.3 Å². The first kappa shape index (κ1) is 24.5. The maximum absolute atomic E-state index is 14.3. The number of hydrogen-bond acceptors (Lipinski definition) is 4. The van der Waals surface area contributed by atoms with E-state index in [4.69, 9.17) is 9.47 Å². The summed E-state index contributed by atoms with van der Waals surface area (Å²) in [5.41, 5.74) is -1.51. The van der Waals surface area contributed by atoms with E-state index in [9.17, 15) is 31.9 Å². The van der Waals surface area contributed by atoms with Gasteiger partial charge in [-0.2, -0.15) is 13.2 Å². The van der Waals surface area contributed by atoms with Crippen LogP contribution >= 0.6 is 0 Å². The Hall–Kier alpha value is -3.14. The van der Waals surface area contributed by atoms with Crippen molar-refractivity contribution >= 4 is 17.2 Å². The second kappa shape index (κ2) is 9.38. The molecular formula is C23H22F5NO4. The minimum atomic E-state index is -4.54. The summed E-state index contributed by atoms with van der Waals surface area (Å²) < 4.78 is 78.3. The van der Waals surface area contributed by atoms with Gasteiger partial charge in [0.05, 0.1) is 18.8 Å². The molecule has 3 rings (SSSR count). The van der Waals surface area contributed by atoms with Crippen LogP contribution in [0.1, 0.15) is 37.8 Å². The Bertz CT molecular complexity index is 1060. The average molecular weight is 471 g/mol. The number of hydrogen-bond donors (Lipinski definition) is 2. The largest absolute Gasteiger partial charge is 0.493 e. The van der Waals surface area contributed by atoms with E-state index < -0.39 is 47.2 Å². The monoisotopic (exact) mass is 471 g/mol. The highest BCUT2D eigenvalue weighted by molar-refractivity contribution is 6.04. The average Bonchev–Trinajstić information content (AvgIpc) is 2.92. The van der Waals surface area contributed by atoms with Crippen LogP contribution in [-0.4, -0.2) is 29.8 Å². The third kappa shape index (κ3) is 6.01. The number of carbonyl (C=O) groups is 1. The van der Waals surface area contributed by atoms with E-state index in [0.717, 1.165) is 30.3 Å². The van der Waals surface area contributed by atoms with Gasteiger partial charge in [-0.05, 0) is 44.4 Å². The zero-order chi connectivity index (χ0) is 24.4. The highest BCUT2D eigenvalue weighted by Gasteiger charge is 2.32. The van der Waals surface area contributed by atoms with Crippen LogP contribution in [0.5, 0.6) is 11.5 Å². The summed E-state index contributed by atoms with van der Waals surface area (Å²) in [5.74, 6) is -3.56. The first-order valence-electron chi connectivity index (χ1n) is 10.0. The fraction of sp³-hybridized carbons (Fsp3) is 0.348. The number of rotatable bonds is 5. The van der Waals surface area contributed by atoms with Gasteiger partial charge < -0.3 is 19.9 Å². The summed E-state index contributed by atoms with van der Waals surface area (Å²) in [6.45, 7) is 2.59. The quantitative estimate of drug-likeness (QED) is 0.457. The number of carbonyl (C=O) groups excluding carboxylic acids is 1. The van der Waals surface area contributed by atoms with E-state index in [1.165, 1.54) is 19.9 Å². The molecule has 0 unspecified atom stereocenters. The number of benzene rings is 2. The van der Waals surface area contributed by atoms with Gasteiger partial charge in [-0.1, -0.05) is 6.07 Å². The topological polar surface area (TPSA) is 67.8 Å². The number of fused-ring (bicyclic) bond motifs is 1. The van der Waals surface area contributed by atoms with Crippen LogP contribution in [0.15, 0.2) is 36.4 Å². The third-order valence-corrected chi connectivity index (χ3v) is 4.83.